The molecule has 0 atom stereocenters. The highest BCUT2D eigenvalue weighted by atomic mass is 19.1. The van der Waals surface area contributed by atoms with Crippen LogP contribution in [0.5, 0.6) is 0 Å². The molecular formula is C24H25FN8. The number of anilines is 1. The Morgan fingerprint density at radius 2 is 1.91 bits per heavy atom. The first-order valence-electron chi connectivity index (χ1n) is 10.6. The minimum atomic E-state index is -0.464. The van der Waals surface area contributed by atoms with Crippen LogP contribution in [0, 0.1) is 28.5 Å². The van der Waals surface area contributed by atoms with Gasteiger partial charge in [0, 0.05) is 43.4 Å². The summed E-state index contributed by atoms with van der Waals surface area (Å²) in [5, 5.41) is 22.7. The van der Waals surface area contributed by atoms with Crippen LogP contribution in [-0.4, -0.2) is 31.8 Å². The quantitative estimate of drug-likeness (QED) is 0.471. The predicted molar refractivity (Wildman–Crippen MR) is 127 cm³/mol. The van der Waals surface area contributed by atoms with Gasteiger partial charge >= 0.3 is 0 Å². The van der Waals surface area contributed by atoms with E-state index < -0.39 is 5.82 Å². The van der Waals surface area contributed by atoms with Crippen molar-refractivity contribution in [1.29, 1.82) is 10.5 Å². The summed E-state index contributed by atoms with van der Waals surface area (Å²) in [5.74, 6) is 0.931. The fraction of sp³-hybridized carbons (Fsp3) is 0.333. The molecule has 2 N–H and O–H groups in total. The molecule has 0 spiro atoms. The largest absolute Gasteiger partial charge is 0.371 e. The zero-order chi connectivity index (χ0) is 23.9. The Labute approximate surface area is 191 Å². The van der Waals surface area contributed by atoms with Crippen LogP contribution in [-0.2, 0) is 13.5 Å². The Morgan fingerprint density at radius 1 is 1.15 bits per heavy atom. The lowest BCUT2D eigenvalue weighted by atomic mass is 10.0. The molecule has 0 saturated heterocycles. The number of nitrogens with zero attached hydrogens (tertiary/aromatic N) is 6. The number of hydrogen-bond acceptors (Lipinski definition) is 6. The first-order valence-corrected chi connectivity index (χ1v) is 10.6. The van der Waals surface area contributed by atoms with Crippen LogP contribution < -0.4 is 10.7 Å². The minimum Gasteiger partial charge on any atom is -0.371 e. The number of nitrogens with one attached hydrogen (secondary N) is 2. The van der Waals surface area contributed by atoms with Gasteiger partial charge in [0.25, 0.3) is 0 Å². The molecule has 4 aromatic rings. The Morgan fingerprint density at radius 3 is 2.55 bits per heavy atom. The average Bonchev–Trinajstić information content (AvgIpc) is 3.28. The molecule has 1 aromatic carbocycles. The molecule has 0 saturated carbocycles. The molecule has 3 aromatic heterocycles. The maximum absolute atomic E-state index is 13.9. The molecule has 168 valence electrons. The van der Waals surface area contributed by atoms with Crippen molar-refractivity contribution in [2.75, 3.05) is 17.8 Å². The van der Waals surface area contributed by atoms with Crippen LogP contribution in [0.1, 0.15) is 38.6 Å². The molecule has 0 aliphatic carbocycles. The van der Waals surface area contributed by atoms with Crippen molar-refractivity contribution in [3.8, 4) is 23.4 Å². The van der Waals surface area contributed by atoms with Gasteiger partial charge < -0.3 is 15.3 Å². The molecule has 4 rings (SSSR count). The molecule has 9 heteroatoms. The van der Waals surface area contributed by atoms with Crippen molar-refractivity contribution in [2.24, 2.45) is 7.05 Å². The van der Waals surface area contributed by atoms with E-state index in [0.717, 1.165) is 16.7 Å². The highest BCUT2D eigenvalue weighted by Crippen LogP contribution is 2.36. The van der Waals surface area contributed by atoms with E-state index in [1.807, 2.05) is 43.1 Å². The first-order chi connectivity index (χ1) is 15.7. The first kappa shape index (κ1) is 22.1. The molecule has 0 fully saturated rings. The fourth-order valence-electron chi connectivity index (χ4n) is 4.01. The summed E-state index contributed by atoms with van der Waals surface area (Å²) >= 11 is 0. The van der Waals surface area contributed by atoms with Crippen molar-refractivity contribution in [1.82, 2.24) is 19.2 Å². The predicted octanol–water partition coefficient (Wildman–Crippen LogP) is 4.44. The van der Waals surface area contributed by atoms with E-state index in [4.69, 9.17) is 15.2 Å². The molecule has 0 radical (unpaired) electrons. The number of rotatable bonds is 5. The van der Waals surface area contributed by atoms with Gasteiger partial charge in [-0.2, -0.15) is 10.5 Å². The Balaban J connectivity index is 2.12. The number of benzene rings is 1. The minimum absolute atomic E-state index is 0.236. The molecule has 0 aliphatic heterocycles. The molecule has 0 bridgehead atoms. The van der Waals surface area contributed by atoms with Crippen LogP contribution in [0.2, 0.25) is 0 Å². The highest BCUT2D eigenvalue weighted by Gasteiger charge is 2.24. The second kappa shape index (κ2) is 8.10. The van der Waals surface area contributed by atoms with Crippen molar-refractivity contribution < 1.29 is 4.39 Å². The number of fused-ring (bicyclic) bond motifs is 3. The van der Waals surface area contributed by atoms with Crippen molar-refractivity contribution in [3.63, 3.8) is 0 Å². The number of imidazole rings is 1. The van der Waals surface area contributed by atoms with Gasteiger partial charge in [-0.3, -0.25) is 0 Å². The van der Waals surface area contributed by atoms with E-state index in [2.05, 4.69) is 22.9 Å². The monoisotopic (exact) mass is 444 g/mol. The van der Waals surface area contributed by atoms with Crippen LogP contribution in [0.4, 0.5) is 10.2 Å². The van der Waals surface area contributed by atoms with Gasteiger partial charge in [-0.15, -0.1) is 0 Å². The summed E-state index contributed by atoms with van der Waals surface area (Å²) < 4.78 is 17.7. The van der Waals surface area contributed by atoms with Gasteiger partial charge in [0.2, 0.25) is 0 Å². The van der Waals surface area contributed by atoms with Crippen LogP contribution in [0.3, 0.4) is 0 Å². The highest BCUT2D eigenvalue weighted by molar-refractivity contribution is 6.08. The van der Waals surface area contributed by atoms with E-state index in [9.17, 15) is 9.65 Å². The summed E-state index contributed by atoms with van der Waals surface area (Å²) in [7, 11) is 3.71. The average molecular weight is 445 g/mol. The normalized spacial score (nSPS) is 11.5. The van der Waals surface area contributed by atoms with Crippen molar-refractivity contribution >= 4 is 27.9 Å². The standard InChI is InChI=1S/C24H25FN8/c1-24(2,3)31-33-18(16-9-8-15(25)11-14(16)13-27)12-17-21-20(22(28-4)30-23(17)33)29-19(32(21)5)7-6-10-26/h8-9,11-12,31H,6-7H2,1-5H3,(H,28,30). The number of halogens is 1. The Bertz CT molecular complexity index is 1460. The number of aryl methyl sites for hydroxylation is 2. The van der Waals surface area contributed by atoms with E-state index in [-0.39, 0.29) is 11.1 Å². The maximum Gasteiger partial charge on any atom is 0.163 e. The van der Waals surface area contributed by atoms with Gasteiger partial charge in [0.15, 0.2) is 11.5 Å². The molecule has 0 amide bonds. The second-order valence-corrected chi connectivity index (χ2v) is 8.92. The number of pyridine rings is 1. The van der Waals surface area contributed by atoms with Crippen molar-refractivity contribution in [2.45, 2.75) is 39.2 Å². The van der Waals surface area contributed by atoms with E-state index in [0.29, 0.717) is 41.1 Å². The number of hydrogen-bond donors (Lipinski definition) is 2. The fourth-order valence-corrected chi connectivity index (χ4v) is 4.01. The van der Waals surface area contributed by atoms with Crippen LogP contribution >= 0.6 is 0 Å². The molecule has 33 heavy (non-hydrogen) atoms. The van der Waals surface area contributed by atoms with E-state index >= 15 is 0 Å². The summed E-state index contributed by atoms with van der Waals surface area (Å²) in [6.45, 7) is 6.08. The van der Waals surface area contributed by atoms with Gasteiger partial charge in [-0.05, 0) is 45.0 Å². The maximum atomic E-state index is 13.9. The lowest BCUT2D eigenvalue weighted by Crippen LogP contribution is -2.34. The van der Waals surface area contributed by atoms with Gasteiger partial charge in [-0.1, -0.05) is 0 Å². The zero-order valence-corrected chi connectivity index (χ0v) is 19.3. The summed E-state index contributed by atoms with van der Waals surface area (Å²) in [5.41, 5.74) is 6.89. The molecular weight excluding hydrogens is 419 g/mol. The summed E-state index contributed by atoms with van der Waals surface area (Å²) in [4.78, 5) is 9.61. The lowest BCUT2D eigenvalue weighted by Gasteiger charge is -2.25. The van der Waals surface area contributed by atoms with Gasteiger partial charge in [0.05, 0.1) is 28.9 Å². The molecule has 0 aliphatic rings. The van der Waals surface area contributed by atoms with Gasteiger partial charge in [-0.25, -0.2) is 19.0 Å². The summed E-state index contributed by atoms with van der Waals surface area (Å²) in [6, 6.07) is 10.4. The van der Waals surface area contributed by atoms with E-state index in [1.165, 1.54) is 12.1 Å². The molecule has 8 nitrogen and oxygen atoms in total. The topological polar surface area (TPSA) is 107 Å². The third-order valence-corrected chi connectivity index (χ3v) is 5.38. The van der Waals surface area contributed by atoms with Crippen molar-refractivity contribution in [3.05, 3.63) is 41.5 Å². The Hall–Kier alpha value is -4.11. The number of aromatic nitrogens is 4. The third kappa shape index (κ3) is 3.83. The van der Waals surface area contributed by atoms with Gasteiger partial charge in [0.1, 0.15) is 17.2 Å². The zero-order valence-electron chi connectivity index (χ0n) is 19.3. The van der Waals surface area contributed by atoms with Crippen LogP contribution in [0.15, 0.2) is 24.3 Å². The molecule has 0 unspecified atom stereocenters. The molecule has 3 heterocycles. The van der Waals surface area contributed by atoms with Crippen LogP contribution in [0.25, 0.3) is 33.3 Å². The Kier molecular flexibility index (Phi) is 5.43. The third-order valence-electron chi connectivity index (χ3n) is 5.38. The lowest BCUT2D eigenvalue weighted by molar-refractivity contribution is 0.562. The second-order valence-electron chi connectivity index (χ2n) is 8.92. The SMILES string of the molecule is CNc1nc2c(cc(-c3ccc(F)cc3C#N)n2NC(C)(C)C)c2c1nc(CCC#N)n2C. The summed E-state index contributed by atoms with van der Waals surface area (Å²) in [6.07, 6.45) is 0.887. The van der Waals surface area contributed by atoms with E-state index in [1.54, 1.807) is 13.1 Å². The smallest absolute Gasteiger partial charge is 0.163 e. The number of nitriles is 2.